The van der Waals surface area contributed by atoms with Crippen LogP contribution in [0.25, 0.3) is 0 Å². The summed E-state index contributed by atoms with van der Waals surface area (Å²) in [5.74, 6) is 1.52. The summed E-state index contributed by atoms with van der Waals surface area (Å²) in [6.45, 7) is 4.37. The Morgan fingerprint density at radius 2 is 2.06 bits per heavy atom. The van der Waals surface area contributed by atoms with Gasteiger partial charge in [-0.1, -0.05) is 6.07 Å². The van der Waals surface area contributed by atoms with E-state index in [1.165, 1.54) is 0 Å². The average molecular weight is 224 g/mol. The number of hydrogen-bond acceptors (Lipinski definition) is 3. The predicted octanol–water partition coefficient (Wildman–Crippen LogP) is 2.41. The second-order valence-corrected chi connectivity index (χ2v) is 3.81. The molecular formula is C13H20O3. The van der Waals surface area contributed by atoms with E-state index in [4.69, 9.17) is 9.47 Å². The standard InChI is InChI=1S/C13H20O3/c1-4-16-12-8-7-11(6-5-10(2)14)9-13(12)15-3/h7-10,14H,4-6H2,1-3H3/t10-/m1/s1. The number of aliphatic hydroxyl groups is 1. The lowest BCUT2D eigenvalue weighted by Gasteiger charge is -2.11. The van der Waals surface area contributed by atoms with Crippen molar-refractivity contribution in [3.05, 3.63) is 23.8 Å². The normalized spacial score (nSPS) is 12.2. The lowest BCUT2D eigenvalue weighted by molar-refractivity contribution is 0.185. The minimum Gasteiger partial charge on any atom is -0.493 e. The van der Waals surface area contributed by atoms with Crippen molar-refractivity contribution >= 4 is 0 Å². The highest BCUT2D eigenvalue weighted by molar-refractivity contribution is 5.43. The topological polar surface area (TPSA) is 38.7 Å². The zero-order chi connectivity index (χ0) is 12.0. The van der Waals surface area contributed by atoms with E-state index in [0.717, 1.165) is 29.9 Å². The van der Waals surface area contributed by atoms with Crippen LogP contribution in [0.5, 0.6) is 11.5 Å². The Morgan fingerprint density at radius 3 is 2.62 bits per heavy atom. The van der Waals surface area contributed by atoms with Gasteiger partial charge in [-0.3, -0.25) is 0 Å². The van der Waals surface area contributed by atoms with Gasteiger partial charge in [0.05, 0.1) is 19.8 Å². The van der Waals surface area contributed by atoms with E-state index in [0.29, 0.717) is 6.61 Å². The van der Waals surface area contributed by atoms with Gasteiger partial charge in [0.25, 0.3) is 0 Å². The first-order valence-corrected chi connectivity index (χ1v) is 5.65. The van der Waals surface area contributed by atoms with Crippen molar-refractivity contribution < 1.29 is 14.6 Å². The SMILES string of the molecule is CCOc1ccc(CC[C@@H](C)O)cc1OC. The largest absolute Gasteiger partial charge is 0.493 e. The maximum absolute atomic E-state index is 9.22. The highest BCUT2D eigenvalue weighted by atomic mass is 16.5. The maximum atomic E-state index is 9.22. The fourth-order valence-corrected chi connectivity index (χ4v) is 1.52. The van der Waals surface area contributed by atoms with Crippen molar-refractivity contribution in [2.45, 2.75) is 32.8 Å². The van der Waals surface area contributed by atoms with Crippen LogP contribution in [0.3, 0.4) is 0 Å². The highest BCUT2D eigenvalue weighted by Crippen LogP contribution is 2.28. The van der Waals surface area contributed by atoms with E-state index in [2.05, 4.69) is 0 Å². The second-order valence-electron chi connectivity index (χ2n) is 3.81. The zero-order valence-corrected chi connectivity index (χ0v) is 10.2. The van der Waals surface area contributed by atoms with Crippen molar-refractivity contribution in [2.24, 2.45) is 0 Å². The van der Waals surface area contributed by atoms with Gasteiger partial charge in [0.15, 0.2) is 11.5 Å². The van der Waals surface area contributed by atoms with E-state index in [9.17, 15) is 5.11 Å². The fourth-order valence-electron chi connectivity index (χ4n) is 1.52. The molecule has 0 bridgehead atoms. The van der Waals surface area contributed by atoms with E-state index < -0.39 is 0 Å². The molecular weight excluding hydrogens is 204 g/mol. The lowest BCUT2D eigenvalue weighted by atomic mass is 10.1. The summed E-state index contributed by atoms with van der Waals surface area (Å²) in [5.41, 5.74) is 1.15. The van der Waals surface area contributed by atoms with Gasteiger partial charge >= 0.3 is 0 Å². The van der Waals surface area contributed by atoms with Gasteiger partial charge in [-0.2, -0.15) is 0 Å². The first kappa shape index (κ1) is 12.8. The van der Waals surface area contributed by atoms with Gasteiger partial charge < -0.3 is 14.6 Å². The zero-order valence-electron chi connectivity index (χ0n) is 10.2. The monoisotopic (exact) mass is 224 g/mol. The molecule has 0 aliphatic carbocycles. The van der Waals surface area contributed by atoms with Crippen LogP contribution in [-0.4, -0.2) is 24.9 Å². The van der Waals surface area contributed by atoms with Crippen LogP contribution < -0.4 is 9.47 Å². The minimum absolute atomic E-state index is 0.266. The molecule has 0 unspecified atom stereocenters. The third-order valence-corrected chi connectivity index (χ3v) is 2.38. The molecule has 1 aromatic rings. The summed E-state index contributed by atoms with van der Waals surface area (Å²) in [6, 6.07) is 5.89. The van der Waals surface area contributed by atoms with Crippen LogP contribution in [0.4, 0.5) is 0 Å². The molecule has 1 atom stereocenters. The molecule has 0 radical (unpaired) electrons. The van der Waals surface area contributed by atoms with Crippen molar-refractivity contribution in [3.8, 4) is 11.5 Å². The van der Waals surface area contributed by atoms with Crippen molar-refractivity contribution in [1.29, 1.82) is 0 Å². The van der Waals surface area contributed by atoms with Gasteiger partial charge in [-0.25, -0.2) is 0 Å². The molecule has 0 heterocycles. The summed E-state index contributed by atoms with van der Waals surface area (Å²) >= 11 is 0. The molecule has 1 N–H and O–H groups in total. The Balaban J connectivity index is 2.74. The van der Waals surface area contributed by atoms with E-state index in [-0.39, 0.29) is 6.10 Å². The molecule has 1 aromatic carbocycles. The first-order valence-electron chi connectivity index (χ1n) is 5.65. The number of benzene rings is 1. The van der Waals surface area contributed by atoms with E-state index in [1.54, 1.807) is 14.0 Å². The van der Waals surface area contributed by atoms with Gasteiger partial charge in [-0.15, -0.1) is 0 Å². The van der Waals surface area contributed by atoms with Crippen LogP contribution in [0.15, 0.2) is 18.2 Å². The van der Waals surface area contributed by atoms with Crippen LogP contribution in [0.2, 0.25) is 0 Å². The van der Waals surface area contributed by atoms with Crippen LogP contribution in [0.1, 0.15) is 25.8 Å². The second kappa shape index (κ2) is 6.38. The molecule has 0 saturated heterocycles. The van der Waals surface area contributed by atoms with Crippen molar-refractivity contribution in [2.75, 3.05) is 13.7 Å². The van der Waals surface area contributed by atoms with Crippen LogP contribution in [0, 0.1) is 0 Å². The molecule has 3 nitrogen and oxygen atoms in total. The number of ether oxygens (including phenoxy) is 2. The Hall–Kier alpha value is -1.22. The molecule has 16 heavy (non-hydrogen) atoms. The summed E-state index contributed by atoms with van der Waals surface area (Å²) in [7, 11) is 1.64. The third-order valence-electron chi connectivity index (χ3n) is 2.38. The van der Waals surface area contributed by atoms with Crippen molar-refractivity contribution in [3.63, 3.8) is 0 Å². The molecule has 3 heteroatoms. The van der Waals surface area contributed by atoms with Crippen LogP contribution in [-0.2, 0) is 6.42 Å². The summed E-state index contributed by atoms with van der Waals surface area (Å²) in [4.78, 5) is 0. The molecule has 0 saturated carbocycles. The number of aliphatic hydroxyl groups excluding tert-OH is 1. The van der Waals surface area contributed by atoms with Crippen LogP contribution >= 0.6 is 0 Å². The van der Waals surface area contributed by atoms with E-state index >= 15 is 0 Å². The number of aryl methyl sites for hydroxylation is 1. The smallest absolute Gasteiger partial charge is 0.161 e. The molecule has 0 aliphatic heterocycles. The lowest BCUT2D eigenvalue weighted by Crippen LogP contribution is -2.02. The summed E-state index contributed by atoms with van der Waals surface area (Å²) in [5, 5.41) is 9.22. The molecule has 0 aromatic heterocycles. The predicted molar refractivity (Wildman–Crippen MR) is 64.2 cm³/mol. The quantitative estimate of drug-likeness (QED) is 0.806. The summed E-state index contributed by atoms with van der Waals surface area (Å²) < 4.78 is 10.7. The number of hydrogen-bond donors (Lipinski definition) is 1. The fraction of sp³-hybridized carbons (Fsp3) is 0.538. The Kier molecular flexibility index (Phi) is 5.12. The van der Waals surface area contributed by atoms with E-state index in [1.807, 2.05) is 25.1 Å². The van der Waals surface area contributed by atoms with Gasteiger partial charge in [-0.05, 0) is 44.4 Å². The minimum atomic E-state index is -0.266. The molecule has 1 rings (SSSR count). The van der Waals surface area contributed by atoms with Gasteiger partial charge in [0.1, 0.15) is 0 Å². The Labute approximate surface area is 97.0 Å². The van der Waals surface area contributed by atoms with Crippen molar-refractivity contribution in [1.82, 2.24) is 0 Å². The maximum Gasteiger partial charge on any atom is 0.161 e. The number of rotatable bonds is 6. The molecule has 0 spiro atoms. The first-order chi connectivity index (χ1) is 7.67. The Bertz CT molecular complexity index is 321. The molecule has 0 aliphatic rings. The average Bonchev–Trinajstić information content (AvgIpc) is 2.28. The van der Waals surface area contributed by atoms with Gasteiger partial charge in [0, 0.05) is 0 Å². The Morgan fingerprint density at radius 1 is 1.31 bits per heavy atom. The third kappa shape index (κ3) is 3.74. The number of methoxy groups -OCH3 is 1. The molecule has 90 valence electrons. The van der Waals surface area contributed by atoms with Gasteiger partial charge in [0.2, 0.25) is 0 Å². The highest BCUT2D eigenvalue weighted by Gasteiger charge is 2.05. The molecule has 0 amide bonds. The summed E-state index contributed by atoms with van der Waals surface area (Å²) in [6.07, 6.45) is 1.34. The molecule has 0 fully saturated rings.